The molecule has 0 aromatic heterocycles. The number of sulfonamides is 1. The highest BCUT2D eigenvalue weighted by molar-refractivity contribution is 7.90. The number of ether oxygens (including phenoxy) is 1. The number of rotatable bonds is 6. The maximum atomic E-state index is 11.7. The third-order valence-corrected chi connectivity index (χ3v) is 5.50. The van der Waals surface area contributed by atoms with E-state index in [1.54, 1.807) is 21.0 Å². The lowest BCUT2D eigenvalue weighted by molar-refractivity contribution is 0.414. The zero-order valence-electron chi connectivity index (χ0n) is 12.1. The molecule has 1 aliphatic rings. The molecule has 1 aliphatic heterocycles. The minimum Gasteiger partial charge on any atom is -0.497 e. The van der Waals surface area contributed by atoms with Crippen molar-refractivity contribution in [2.75, 3.05) is 25.5 Å². The smallest absolute Gasteiger partial charge is 0.213 e. The number of hydrogen-bond acceptors (Lipinski definition) is 4. The Hall–Kier alpha value is -1.27. The molecule has 2 rings (SSSR count). The first-order chi connectivity index (χ1) is 9.44. The molecule has 0 amide bonds. The van der Waals surface area contributed by atoms with Crippen LogP contribution < -0.4 is 14.8 Å². The molecule has 1 aromatic carbocycles. The summed E-state index contributed by atoms with van der Waals surface area (Å²) in [6.07, 6.45) is 0.777. The van der Waals surface area contributed by atoms with Crippen molar-refractivity contribution in [2.24, 2.45) is 0 Å². The molecule has 1 heterocycles. The van der Waals surface area contributed by atoms with Gasteiger partial charge in [0.05, 0.1) is 12.4 Å². The van der Waals surface area contributed by atoms with Gasteiger partial charge in [-0.15, -0.1) is 0 Å². The van der Waals surface area contributed by atoms with Crippen molar-refractivity contribution in [3.05, 3.63) is 23.8 Å². The van der Waals surface area contributed by atoms with Gasteiger partial charge in [-0.05, 0) is 44.0 Å². The van der Waals surface area contributed by atoms with Gasteiger partial charge in [-0.1, -0.05) is 0 Å². The van der Waals surface area contributed by atoms with Crippen LogP contribution in [0.5, 0.6) is 5.75 Å². The molecular weight excluding hydrogens is 276 g/mol. The van der Waals surface area contributed by atoms with Crippen LogP contribution in [0, 0.1) is 0 Å². The van der Waals surface area contributed by atoms with E-state index < -0.39 is 15.3 Å². The molecule has 1 aromatic rings. The van der Waals surface area contributed by atoms with E-state index in [4.69, 9.17) is 4.74 Å². The Balaban J connectivity index is 1.97. The number of anilines is 1. The van der Waals surface area contributed by atoms with Gasteiger partial charge >= 0.3 is 0 Å². The van der Waals surface area contributed by atoms with Crippen molar-refractivity contribution in [1.29, 1.82) is 0 Å². The van der Waals surface area contributed by atoms with Crippen LogP contribution in [0.3, 0.4) is 0 Å². The number of methoxy groups -OCH3 is 1. The summed E-state index contributed by atoms with van der Waals surface area (Å²) in [5.74, 6) is 1.15. The number of benzene rings is 1. The van der Waals surface area contributed by atoms with Crippen molar-refractivity contribution < 1.29 is 13.2 Å². The molecule has 0 spiro atoms. The Morgan fingerprint density at radius 1 is 1.45 bits per heavy atom. The summed E-state index contributed by atoms with van der Waals surface area (Å²) in [5.41, 5.74) is 2.32. The van der Waals surface area contributed by atoms with Crippen LogP contribution in [0.15, 0.2) is 18.2 Å². The Labute approximate surface area is 120 Å². The molecule has 1 unspecified atom stereocenters. The van der Waals surface area contributed by atoms with Gasteiger partial charge in [0.2, 0.25) is 10.0 Å². The average Bonchev–Trinajstić information content (AvgIpc) is 2.81. The van der Waals surface area contributed by atoms with Crippen LogP contribution in [0.2, 0.25) is 0 Å². The van der Waals surface area contributed by atoms with Gasteiger partial charge in [-0.3, -0.25) is 0 Å². The highest BCUT2D eigenvalue weighted by atomic mass is 32.2. The van der Waals surface area contributed by atoms with Crippen molar-refractivity contribution in [3.8, 4) is 5.75 Å². The van der Waals surface area contributed by atoms with Crippen LogP contribution in [-0.2, 0) is 10.0 Å². The van der Waals surface area contributed by atoms with E-state index in [1.807, 2.05) is 18.2 Å². The number of nitrogens with one attached hydrogen (secondary N) is 2. The van der Waals surface area contributed by atoms with E-state index in [9.17, 15) is 8.42 Å². The van der Waals surface area contributed by atoms with E-state index in [0.717, 1.165) is 24.4 Å². The second kappa shape index (κ2) is 6.01. The van der Waals surface area contributed by atoms with E-state index in [0.29, 0.717) is 12.5 Å². The van der Waals surface area contributed by atoms with E-state index in [-0.39, 0.29) is 0 Å². The second-order valence-electron chi connectivity index (χ2n) is 5.31. The first kappa shape index (κ1) is 15.1. The summed E-state index contributed by atoms with van der Waals surface area (Å²) < 4.78 is 31.3. The number of hydrogen-bond donors (Lipinski definition) is 2. The van der Waals surface area contributed by atoms with Crippen LogP contribution in [0.25, 0.3) is 0 Å². The maximum absolute atomic E-state index is 11.7. The molecule has 0 saturated heterocycles. The first-order valence-electron chi connectivity index (χ1n) is 6.84. The van der Waals surface area contributed by atoms with Crippen molar-refractivity contribution in [1.82, 2.24) is 4.72 Å². The van der Waals surface area contributed by atoms with E-state index in [2.05, 4.69) is 10.0 Å². The molecule has 0 saturated carbocycles. The van der Waals surface area contributed by atoms with Gasteiger partial charge in [-0.25, -0.2) is 13.1 Å². The topological polar surface area (TPSA) is 67.4 Å². The molecule has 5 nitrogen and oxygen atoms in total. The SMILES string of the molecule is COc1ccc2c(c1)C(CCNS(=O)(=O)C(C)C)CN2. The predicted octanol–water partition coefficient (Wildman–Crippen LogP) is 1.92. The van der Waals surface area contributed by atoms with Gasteiger partial charge in [0.15, 0.2) is 0 Å². The lowest BCUT2D eigenvalue weighted by atomic mass is 9.98. The minimum atomic E-state index is -3.18. The third kappa shape index (κ3) is 3.24. The Bertz CT molecular complexity index is 570. The summed E-state index contributed by atoms with van der Waals surface area (Å²) in [7, 11) is -1.53. The summed E-state index contributed by atoms with van der Waals surface area (Å²) in [6, 6.07) is 5.96. The van der Waals surface area contributed by atoms with E-state index in [1.165, 1.54) is 5.56 Å². The van der Waals surface area contributed by atoms with Crippen LogP contribution >= 0.6 is 0 Å². The van der Waals surface area contributed by atoms with Crippen molar-refractivity contribution >= 4 is 15.7 Å². The summed E-state index contributed by atoms with van der Waals surface area (Å²) in [6.45, 7) is 4.66. The Morgan fingerprint density at radius 2 is 2.20 bits per heavy atom. The molecule has 0 bridgehead atoms. The quantitative estimate of drug-likeness (QED) is 0.842. The van der Waals surface area contributed by atoms with Gasteiger partial charge < -0.3 is 10.1 Å². The lowest BCUT2D eigenvalue weighted by Crippen LogP contribution is -2.32. The summed E-state index contributed by atoms with van der Waals surface area (Å²) in [5, 5.41) is 2.95. The number of fused-ring (bicyclic) bond motifs is 1. The maximum Gasteiger partial charge on any atom is 0.213 e. The molecule has 0 radical (unpaired) electrons. The normalized spacial score (nSPS) is 17.9. The monoisotopic (exact) mass is 298 g/mol. The van der Waals surface area contributed by atoms with Gasteiger partial charge in [0.1, 0.15) is 5.75 Å². The van der Waals surface area contributed by atoms with Gasteiger partial charge in [0.25, 0.3) is 0 Å². The van der Waals surface area contributed by atoms with Crippen LogP contribution in [-0.4, -0.2) is 33.9 Å². The standard InChI is InChI=1S/C14H22N2O3S/c1-10(2)20(17,18)16-7-6-11-9-15-14-5-4-12(19-3)8-13(11)14/h4-5,8,10-11,15-16H,6-7,9H2,1-3H3. The highest BCUT2D eigenvalue weighted by Gasteiger charge is 2.23. The van der Waals surface area contributed by atoms with Gasteiger partial charge in [0, 0.05) is 24.7 Å². The first-order valence-corrected chi connectivity index (χ1v) is 8.39. The molecule has 0 fully saturated rings. The van der Waals surface area contributed by atoms with Crippen molar-refractivity contribution in [3.63, 3.8) is 0 Å². The fourth-order valence-corrected chi connectivity index (χ4v) is 3.04. The second-order valence-corrected chi connectivity index (χ2v) is 7.63. The van der Waals surface area contributed by atoms with E-state index >= 15 is 0 Å². The minimum absolute atomic E-state index is 0.315. The molecule has 6 heteroatoms. The zero-order chi connectivity index (χ0) is 14.8. The molecule has 1 atom stereocenters. The van der Waals surface area contributed by atoms with Crippen molar-refractivity contribution in [2.45, 2.75) is 31.4 Å². The van der Waals surface area contributed by atoms with Crippen LogP contribution in [0.4, 0.5) is 5.69 Å². The van der Waals surface area contributed by atoms with Crippen LogP contribution in [0.1, 0.15) is 31.7 Å². The fourth-order valence-electron chi connectivity index (χ4n) is 2.31. The Morgan fingerprint density at radius 3 is 2.85 bits per heavy atom. The summed E-state index contributed by atoms with van der Waals surface area (Å²) in [4.78, 5) is 0. The molecule has 0 aliphatic carbocycles. The van der Waals surface area contributed by atoms with Gasteiger partial charge in [-0.2, -0.15) is 0 Å². The highest BCUT2D eigenvalue weighted by Crippen LogP contribution is 2.35. The molecule has 2 N–H and O–H groups in total. The Kier molecular flexibility index (Phi) is 4.55. The summed E-state index contributed by atoms with van der Waals surface area (Å²) >= 11 is 0. The molecule has 112 valence electrons. The largest absolute Gasteiger partial charge is 0.497 e. The molecular formula is C14H22N2O3S. The molecule has 20 heavy (non-hydrogen) atoms. The fraction of sp³-hybridized carbons (Fsp3) is 0.571. The average molecular weight is 298 g/mol. The zero-order valence-corrected chi connectivity index (χ0v) is 13.0. The lowest BCUT2D eigenvalue weighted by Gasteiger charge is -2.13. The predicted molar refractivity (Wildman–Crippen MR) is 80.9 cm³/mol. The third-order valence-electron chi connectivity index (χ3n) is 3.65.